The minimum Gasteiger partial charge on any atom is -0.463 e. The first-order chi connectivity index (χ1) is 7.31. The van der Waals surface area contributed by atoms with E-state index in [4.69, 9.17) is 4.42 Å². The molecule has 4 nitrogen and oxygen atoms in total. The summed E-state index contributed by atoms with van der Waals surface area (Å²) in [5.74, 6) is -0.00275. The molecule has 0 bridgehead atoms. The first-order valence-electron chi connectivity index (χ1n) is 4.41. The van der Waals surface area contributed by atoms with Crippen LogP contribution in [-0.4, -0.2) is 18.1 Å². The molecular formula is C11H9NO3. The number of rotatable bonds is 2. The van der Waals surface area contributed by atoms with Crippen molar-refractivity contribution in [2.75, 3.05) is 7.11 Å². The van der Waals surface area contributed by atoms with Crippen LogP contribution in [0.2, 0.25) is 0 Å². The third kappa shape index (κ3) is 1.88. The summed E-state index contributed by atoms with van der Waals surface area (Å²) in [6.45, 7) is 0. The number of hydrogen-bond donors (Lipinski definition) is 0. The number of carbonyl (C=O) groups is 1. The number of ether oxygens (including phenoxy) is 1. The number of benzene rings is 1. The molecule has 0 radical (unpaired) electrons. The van der Waals surface area contributed by atoms with E-state index in [2.05, 4.69) is 9.72 Å². The van der Waals surface area contributed by atoms with Crippen LogP contribution in [0.4, 0.5) is 0 Å². The van der Waals surface area contributed by atoms with E-state index in [1.54, 1.807) is 0 Å². The monoisotopic (exact) mass is 203 g/mol. The Morgan fingerprint density at radius 1 is 1.33 bits per heavy atom. The summed E-state index contributed by atoms with van der Waals surface area (Å²) in [5.41, 5.74) is 0.827. The summed E-state index contributed by atoms with van der Waals surface area (Å²) in [5, 5.41) is 0. The molecule has 0 atom stereocenters. The van der Waals surface area contributed by atoms with Crippen LogP contribution in [0, 0.1) is 0 Å². The number of methoxy groups -OCH3 is 1. The van der Waals surface area contributed by atoms with E-state index in [0.717, 1.165) is 5.56 Å². The van der Waals surface area contributed by atoms with Crippen molar-refractivity contribution in [2.24, 2.45) is 0 Å². The highest BCUT2D eigenvalue weighted by molar-refractivity contribution is 5.86. The van der Waals surface area contributed by atoms with Gasteiger partial charge in [0.15, 0.2) is 0 Å². The van der Waals surface area contributed by atoms with Gasteiger partial charge < -0.3 is 9.15 Å². The zero-order valence-corrected chi connectivity index (χ0v) is 8.14. The van der Waals surface area contributed by atoms with Crippen molar-refractivity contribution in [3.63, 3.8) is 0 Å². The first kappa shape index (κ1) is 9.45. The van der Waals surface area contributed by atoms with E-state index < -0.39 is 5.97 Å². The highest BCUT2D eigenvalue weighted by atomic mass is 16.5. The molecule has 0 aliphatic carbocycles. The van der Waals surface area contributed by atoms with Crippen molar-refractivity contribution < 1.29 is 13.9 Å². The normalized spacial score (nSPS) is 9.93. The van der Waals surface area contributed by atoms with Gasteiger partial charge in [0.25, 0.3) is 0 Å². The Morgan fingerprint density at radius 2 is 2.07 bits per heavy atom. The summed E-state index contributed by atoms with van der Waals surface area (Å²) in [6.07, 6.45) is 1.36. The third-order valence-electron chi connectivity index (χ3n) is 1.91. The molecule has 2 aromatic rings. The Morgan fingerprint density at radius 3 is 2.73 bits per heavy atom. The van der Waals surface area contributed by atoms with Gasteiger partial charge in [0, 0.05) is 5.56 Å². The van der Waals surface area contributed by atoms with Crippen molar-refractivity contribution in [1.29, 1.82) is 0 Å². The molecule has 4 heteroatoms. The van der Waals surface area contributed by atoms with Crippen LogP contribution in [0.15, 0.2) is 40.9 Å². The second-order valence-electron chi connectivity index (χ2n) is 2.89. The number of oxazole rings is 1. The summed E-state index contributed by atoms with van der Waals surface area (Å²) in [4.78, 5) is 15.1. The molecule has 1 aromatic carbocycles. The molecule has 1 aromatic heterocycles. The van der Waals surface area contributed by atoms with E-state index in [0.29, 0.717) is 5.89 Å². The van der Waals surface area contributed by atoms with Crippen LogP contribution in [0.1, 0.15) is 10.6 Å². The van der Waals surface area contributed by atoms with Gasteiger partial charge in [-0.25, -0.2) is 9.78 Å². The molecule has 15 heavy (non-hydrogen) atoms. The fourth-order valence-corrected chi connectivity index (χ4v) is 1.18. The number of aromatic nitrogens is 1. The standard InChI is InChI=1S/C11H9NO3/c1-14-11(13)9-7-12-10(15-9)8-5-3-2-4-6-8/h2-7H,1H3. The van der Waals surface area contributed by atoms with E-state index in [1.807, 2.05) is 30.3 Å². The Labute approximate surface area is 86.5 Å². The Balaban J connectivity index is 2.32. The molecule has 2 rings (SSSR count). The summed E-state index contributed by atoms with van der Waals surface area (Å²) < 4.78 is 9.75. The quantitative estimate of drug-likeness (QED) is 0.701. The zero-order valence-electron chi connectivity index (χ0n) is 8.14. The number of esters is 1. The third-order valence-corrected chi connectivity index (χ3v) is 1.91. The van der Waals surface area contributed by atoms with Crippen molar-refractivity contribution >= 4 is 5.97 Å². The fraction of sp³-hybridized carbons (Fsp3) is 0.0909. The zero-order chi connectivity index (χ0) is 10.7. The Hall–Kier alpha value is -2.10. The van der Waals surface area contributed by atoms with Gasteiger partial charge in [-0.2, -0.15) is 0 Å². The summed E-state index contributed by atoms with van der Waals surface area (Å²) >= 11 is 0. The van der Waals surface area contributed by atoms with Crippen molar-refractivity contribution in [1.82, 2.24) is 4.98 Å². The average Bonchev–Trinajstić information content (AvgIpc) is 2.78. The largest absolute Gasteiger partial charge is 0.463 e. The lowest BCUT2D eigenvalue weighted by atomic mass is 10.2. The maximum atomic E-state index is 11.1. The lowest BCUT2D eigenvalue weighted by Crippen LogP contribution is -1.98. The maximum absolute atomic E-state index is 11.1. The van der Waals surface area contributed by atoms with Gasteiger partial charge >= 0.3 is 5.97 Å². The van der Waals surface area contributed by atoms with Gasteiger partial charge in [0.05, 0.1) is 13.3 Å². The SMILES string of the molecule is COC(=O)c1cnc(-c2ccccc2)o1. The van der Waals surface area contributed by atoms with Crippen LogP contribution in [0.3, 0.4) is 0 Å². The molecule has 0 aliphatic rings. The molecule has 0 aliphatic heterocycles. The van der Waals surface area contributed by atoms with Crippen molar-refractivity contribution in [3.05, 3.63) is 42.3 Å². The van der Waals surface area contributed by atoms with E-state index >= 15 is 0 Å². The summed E-state index contributed by atoms with van der Waals surface area (Å²) in [6, 6.07) is 9.35. The van der Waals surface area contributed by atoms with Crippen LogP contribution in [0.5, 0.6) is 0 Å². The van der Waals surface area contributed by atoms with Gasteiger partial charge in [-0.05, 0) is 12.1 Å². The van der Waals surface area contributed by atoms with E-state index in [-0.39, 0.29) is 5.76 Å². The van der Waals surface area contributed by atoms with Crippen LogP contribution >= 0.6 is 0 Å². The van der Waals surface area contributed by atoms with Crippen LogP contribution in [0.25, 0.3) is 11.5 Å². The molecule has 0 unspecified atom stereocenters. The fourth-order valence-electron chi connectivity index (χ4n) is 1.18. The van der Waals surface area contributed by atoms with Gasteiger partial charge in [0.2, 0.25) is 11.7 Å². The van der Waals surface area contributed by atoms with E-state index in [9.17, 15) is 4.79 Å². The number of hydrogen-bond acceptors (Lipinski definition) is 4. The topological polar surface area (TPSA) is 52.3 Å². The molecule has 0 fully saturated rings. The number of carbonyl (C=O) groups excluding carboxylic acids is 1. The molecule has 76 valence electrons. The first-order valence-corrected chi connectivity index (χ1v) is 4.41. The average molecular weight is 203 g/mol. The number of nitrogens with zero attached hydrogens (tertiary/aromatic N) is 1. The van der Waals surface area contributed by atoms with E-state index in [1.165, 1.54) is 13.3 Å². The van der Waals surface area contributed by atoms with Crippen molar-refractivity contribution in [3.8, 4) is 11.5 Å². The highest BCUT2D eigenvalue weighted by Gasteiger charge is 2.12. The smallest absolute Gasteiger partial charge is 0.375 e. The molecule has 1 heterocycles. The van der Waals surface area contributed by atoms with Gasteiger partial charge in [-0.3, -0.25) is 0 Å². The molecule has 0 saturated heterocycles. The molecule has 0 N–H and O–H groups in total. The van der Waals surface area contributed by atoms with Gasteiger partial charge in [0.1, 0.15) is 0 Å². The predicted molar refractivity (Wildman–Crippen MR) is 53.3 cm³/mol. The minimum absolute atomic E-state index is 0.108. The van der Waals surface area contributed by atoms with Gasteiger partial charge in [-0.1, -0.05) is 18.2 Å². The minimum atomic E-state index is -0.523. The molecule has 0 spiro atoms. The van der Waals surface area contributed by atoms with Gasteiger partial charge in [-0.15, -0.1) is 0 Å². The highest BCUT2D eigenvalue weighted by Crippen LogP contribution is 2.18. The summed E-state index contributed by atoms with van der Waals surface area (Å²) in [7, 11) is 1.30. The maximum Gasteiger partial charge on any atom is 0.375 e. The lowest BCUT2D eigenvalue weighted by molar-refractivity contribution is 0.0566. The Bertz CT molecular complexity index is 462. The van der Waals surface area contributed by atoms with Crippen LogP contribution < -0.4 is 0 Å². The second-order valence-corrected chi connectivity index (χ2v) is 2.89. The second kappa shape index (κ2) is 3.96. The lowest BCUT2D eigenvalue weighted by Gasteiger charge is -1.94. The van der Waals surface area contributed by atoms with Crippen molar-refractivity contribution in [2.45, 2.75) is 0 Å². The van der Waals surface area contributed by atoms with Crippen LogP contribution in [-0.2, 0) is 4.74 Å². The Kier molecular flexibility index (Phi) is 2.49. The molecular weight excluding hydrogens is 194 g/mol. The molecule has 0 saturated carbocycles. The molecule has 0 amide bonds. The predicted octanol–water partition coefficient (Wildman–Crippen LogP) is 2.13.